The van der Waals surface area contributed by atoms with Crippen LogP contribution in [0.1, 0.15) is 104 Å². The van der Waals surface area contributed by atoms with E-state index in [4.69, 9.17) is 27.0 Å². The fourth-order valence-corrected chi connectivity index (χ4v) is 2.49. The van der Waals surface area contributed by atoms with Gasteiger partial charge in [-0.1, -0.05) is 78.1 Å². The summed E-state index contributed by atoms with van der Waals surface area (Å²) in [6, 6.07) is 0. The third kappa shape index (κ3) is 48.1. The number of ether oxygens (including phenoxy) is 2. The molecule has 0 bridgehead atoms. The van der Waals surface area contributed by atoms with E-state index in [0.29, 0.717) is 13.2 Å². The molecule has 0 unspecified atom stereocenters. The SMILES string of the molecule is CCCCCCCCOC(=O)CCC(=O)OCCCCCCCC.O=S(=O)([O-])[O-].[Cu+].[Na+].[SiH4]. The van der Waals surface area contributed by atoms with Crippen LogP contribution in [-0.4, -0.2) is 53.6 Å². The van der Waals surface area contributed by atoms with Crippen molar-refractivity contribution in [2.45, 2.75) is 104 Å². The van der Waals surface area contributed by atoms with E-state index in [9.17, 15) is 9.59 Å². The quantitative estimate of drug-likeness (QED) is 0.0789. The molecule has 0 saturated heterocycles. The fourth-order valence-electron chi connectivity index (χ4n) is 2.49. The van der Waals surface area contributed by atoms with Crippen LogP contribution in [-0.2, 0) is 46.5 Å². The Morgan fingerprint density at radius 1 is 0.656 bits per heavy atom. The Kier molecular flexibility index (Phi) is 42.1. The Balaban J connectivity index is -0.000000272. The molecule has 0 atom stereocenters. The molecule has 0 heterocycles. The Morgan fingerprint density at radius 3 is 1.19 bits per heavy atom. The molecule has 0 N–H and O–H groups in total. The van der Waals surface area contributed by atoms with Crippen LogP contribution in [0, 0.1) is 0 Å². The molecule has 0 fully saturated rings. The van der Waals surface area contributed by atoms with Crippen LogP contribution in [0.3, 0.4) is 0 Å². The Morgan fingerprint density at radius 2 is 0.906 bits per heavy atom. The predicted octanol–water partition coefficient (Wildman–Crippen LogP) is -0.214. The second kappa shape index (κ2) is 31.5. The summed E-state index contributed by atoms with van der Waals surface area (Å²) < 4.78 is 44.3. The van der Waals surface area contributed by atoms with Crippen LogP contribution in [0.5, 0.6) is 0 Å². The number of carbonyl (C=O) groups is 2. The molecule has 0 spiro atoms. The molecule has 0 radical (unpaired) electrons. The molecule has 32 heavy (non-hydrogen) atoms. The topological polar surface area (TPSA) is 133 Å². The van der Waals surface area contributed by atoms with E-state index < -0.39 is 10.4 Å². The van der Waals surface area contributed by atoms with Crippen molar-refractivity contribution in [1.29, 1.82) is 0 Å². The summed E-state index contributed by atoms with van der Waals surface area (Å²) in [6.45, 7) is 5.33. The minimum atomic E-state index is -5.17. The molecule has 192 valence electrons. The van der Waals surface area contributed by atoms with E-state index in [0.717, 1.165) is 25.7 Å². The number of unbranched alkanes of at least 4 members (excludes halogenated alkanes) is 10. The first-order valence-corrected chi connectivity index (χ1v) is 12.0. The molecule has 0 aromatic carbocycles. The van der Waals surface area contributed by atoms with Crippen LogP contribution in [0.15, 0.2) is 0 Å². The van der Waals surface area contributed by atoms with Gasteiger partial charge < -0.3 is 18.6 Å². The van der Waals surface area contributed by atoms with Gasteiger partial charge in [-0.25, -0.2) is 0 Å². The van der Waals surface area contributed by atoms with Gasteiger partial charge >= 0.3 is 58.6 Å². The zero-order valence-corrected chi connectivity index (χ0v) is 23.0. The van der Waals surface area contributed by atoms with Crippen molar-refractivity contribution in [2.24, 2.45) is 0 Å². The van der Waals surface area contributed by atoms with Gasteiger partial charge in [0.05, 0.1) is 26.1 Å². The van der Waals surface area contributed by atoms with Crippen molar-refractivity contribution in [3.8, 4) is 0 Å². The minimum Gasteiger partial charge on any atom is -0.759 e. The molecule has 8 nitrogen and oxygen atoms in total. The third-order valence-corrected chi connectivity index (χ3v) is 4.06. The van der Waals surface area contributed by atoms with E-state index in [1.165, 1.54) is 51.4 Å². The van der Waals surface area contributed by atoms with Gasteiger partial charge in [-0.05, 0) is 23.8 Å². The zero-order chi connectivity index (χ0) is 22.4. The van der Waals surface area contributed by atoms with Crippen molar-refractivity contribution in [3.05, 3.63) is 0 Å². The first-order chi connectivity index (χ1) is 13.7. The van der Waals surface area contributed by atoms with E-state index in [2.05, 4.69) is 13.8 Å². The fraction of sp³-hybridized carbons (Fsp3) is 0.900. The van der Waals surface area contributed by atoms with E-state index in [-0.39, 0.29) is 82.4 Å². The van der Waals surface area contributed by atoms with Crippen LogP contribution in [0.2, 0.25) is 0 Å². The number of hydrogen-bond donors (Lipinski definition) is 0. The van der Waals surface area contributed by atoms with Crippen molar-refractivity contribution < 1.29 is 83.2 Å². The molecule has 0 aromatic heterocycles. The molecular weight excluding hydrogens is 515 g/mol. The maximum atomic E-state index is 11.5. The van der Waals surface area contributed by atoms with Crippen molar-refractivity contribution >= 4 is 33.3 Å². The summed E-state index contributed by atoms with van der Waals surface area (Å²) in [7, 11) is -5.17. The van der Waals surface area contributed by atoms with Crippen molar-refractivity contribution in [2.75, 3.05) is 13.2 Å². The van der Waals surface area contributed by atoms with Gasteiger partial charge in [-0.2, -0.15) is 0 Å². The summed E-state index contributed by atoms with van der Waals surface area (Å²) >= 11 is 0. The molecule has 0 saturated carbocycles. The molecule has 12 heteroatoms. The van der Waals surface area contributed by atoms with Crippen LogP contribution < -0.4 is 29.6 Å². The molecule has 0 rings (SSSR count). The Hall–Kier alpha value is 0.546. The molecule has 0 amide bonds. The zero-order valence-electron chi connectivity index (χ0n) is 19.3. The number of rotatable bonds is 17. The largest absolute Gasteiger partial charge is 1.00 e. The molecular formula is C20H42CuNaO8SSi. The van der Waals surface area contributed by atoms with Gasteiger partial charge in [-0.15, -0.1) is 0 Å². The van der Waals surface area contributed by atoms with Crippen molar-refractivity contribution in [3.63, 3.8) is 0 Å². The van der Waals surface area contributed by atoms with Gasteiger partial charge in [0, 0.05) is 10.4 Å². The minimum absolute atomic E-state index is 0. The van der Waals surface area contributed by atoms with Gasteiger partial charge in [-0.3, -0.25) is 18.0 Å². The number of hydrogen-bond acceptors (Lipinski definition) is 8. The summed E-state index contributed by atoms with van der Waals surface area (Å²) in [4.78, 5) is 23.1. The third-order valence-electron chi connectivity index (χ3n) is 4.06. The van der Waals surface area contributed by atoms with E-state index in [1.54, 1.807) is 0 Å². The molecule has 0 aromatic rings. The average molecular weight is 557 g/mol. The number of esters is 2. The summed E-state index contributed by atoms with van der Waals surface area (Å²) in [5.74, 6) is -0.583. The van der Waals surface area contributed by atoms with Gasteiger partial charge in [0.15, 0.2) is 0 Å². The van der Waals surface area contributed by atoms with Crippen LogP contribution in [0.4, 0.5) is 0 Å². The summed E-state index contributed by atoms with van der Waals surface area (Å²) in [6.07, 6.45) is 14.3. The Labute approximate surface area is 232 Å². The van der Waals surface area contributed by atoms with Crippen LogP contribution >= 0.6 is 0 Å². The molecule has 0 aliphatic rings. The van der Waals surface area contributed by atoms with Gasteiger partial charge in [0.25, 0.3) is 0 Å². The first-order valence-electron chi connectivity index (χ1n) is 10.7. The smallest absolute Gasteiger partial charge is 0.759 e. The van der Waals surface area contributed by atoms with Crippen LogP contribution in [0.25, 0.3) is 0 Å². The summed E-state index contributed by atoms with van der Waals surface area (Å²) in [5, 5.41) is 0. The van der Waals surface area contributed by atoms with E-state index >= 15 is 0 Å². The normalized spacial score (nSPS) is 9.75. The molecule has 0 aliphatic heterocycles. The first kappa shape index (κ1) is 42.7. The predicted molar refractivity (Wildman–Crippen MR) is 120 cm³/mol. The molecule has 0 aliphatic carbocycles. The van der Waals surface area contributed by atoms with Gasteiger partial charge in [0.2, 0.25) is 0 Å². The van der Waals surface area contributed by atoms with E-state index in [1.807, 2.05) is 0 Å². The van der Waals surface area contributed by atoms with Crippen molar-refractivity contribution in [1.82, 2.24) is 0 Å². The maximum Gasteiger partial charge on any atom is 1.00 e. The maximum absolute atomic E-state index is 11.5. The number of carbonyl (C=O) groups excluding carboxylic acids is 2. The average Bonchev–Trinajstić information content (AvgIpc) is 2.63. The monoisotopic (exact) mass is 556 g/mol. The Bertz CT molecular complexity index is 472. The summed E-state index contributed by atoms with van der Waals surface area (Å²) in [5.41, 5.74) is 0. The second-order valence-electron chi connectivity index (χ2n) is 6.88. The van der Waals surface area contributed by atoms with Gasteiger partial charge in [0.1, 0.15) is 0 Å². The second-order valence-corrected chi connectivity index (χ2v) is 7.70. The standard InChI is InChI=1S/C20H38O4.Cu.Na.H2O4S.H4Si/c1-3-5-7-9-11-13-17-23-19(21)15-16-20(22)24-18-14-12-10-8-6-4-2;;;1-5(2,3)4;/h3-18H2,1-2H3;;;(H2,1,2,3,4);1H4/q;2*+1;;/p-2.